The van der Waals surface area contributed by atoms with Crippen molar-refractivity contribution in [1.29, 1.82) is 0 Å². The maximum absolute atomic E-state index is 4.08. The van der Waals surface area contributed by atoms with Gasteiger partial charge in [0.2, 0.25) is 0 Å². The van der Waals surface area contributed by atoms with E-state index in [1.165, 1.54) is 5.56 Å². The Morgan fingerprint density at radius 1 is 1.56 bits per heavy atom. The average Bonchev–Trinajstić information content (AvgIpc) is 1.90. The molecule has 0 atom stereocenters. The van der Waals surface area contributed by atoms with Crippen LogP contribution in [0.4, 0.5) is 0 Å². The van der Waals surface area contributed by atoms with Crippen LogP contribution in [0.15, 0.2) is 24.9 Å². The summed E-state index contributed by atoms with van der Waals surface area (Å²) in [6.07, 6.45) is 3.57. The van der Waals surface area contributed by atoms with Crippen molar-refractivity contribution in [3.63, 3.8) is 0 Å². The van der Waals surface area contributed by atoms with E-state index in [-0.39, 0.29) is 0 Å². The summed E-state index contributed by atoms with van der Waals surface area (Å²) in [6, 6.07) is 3.96. The molecule has 0 bridgehead atoms. The third kappa shape index (κ3) is 1.39. The maximum atomic E-state index is 4.08. The Kier molecular flexibility index (Phi) is 1.63. The van der Waals surface area contributed by atoms with Gasteiger partial charge in [-0.15, -0.1) is 0 Å². The summed E-state index contributed by atoms with van der Waals surface area (Å²) < 4.78 is 0. The lowest BCUT2D eigenvalue weighted by molar-refractivity contribution is 1.25. The Hall–Kier alpha value is -1.11. The Morgan fingerprint density at radius 2 is 2.33 bits per heavy atom. The molecule has 1 nitrogen and oxygen atoms in total. The summed E-state index contributed by atoms with van der Waals surface area (Å²) in [5.74, 6) is 0. The zero-order valence-electron chi connectivity index (χ0n) is 5.46. The van der Waals surface area contributed by atoms with Crippen LogP contribution in [0.1, 0.15) is 11.3 Å². The lowest BCUT2D eigenvalue weighted by Gasteiger charge is -1.90. The number of rotatable bonds is 1. The van der Waals surface area contributed by atoms with E-state index in [1.807, 2.05) is 25.3 Å². The van der Waals surface area contributed by atoms with Crippen LogP contribution in [0.5, 0.6) is 0 Å². The third-order valence-electron chi connectivity index (χ3n) is 1.14. The van der Waals surface area contributed by atoms with Crippen LogP contribution >= 0.6 is 0 Å². The van der Waals surface area contributed by atoms with Gasteiger partial charge in [0.15, 0.2) is 0 Å². The molecule has 0 amide bonds. The highest BCUT2D eigenvalue weighted by molar-refractivity contribution is 5.41. The van der Waals surface area contributed by atoms with Gasteiger partial charge in [0.05, 0.1) is 5.69 Å². The van der Waals surface area contributed by atoms with E-state index in [0.717, 1.165) is 5.69 Å². The van der Waals surface area contributed by atoms with Crippen molar-refractivity contribution in [2.75, 3.05) is 0 Å². The molecule has 0 N–H and O–H groups in total. The minimum atomic E-state index is 0.931. The number of hydrogen-bond acceptors (Lipinski definition) is 1. The van der Waals surface area contributed by atoms with Crippen molar-refractivity contribution < 1.29 is 0 Å². The van der Waals surface area contributed by atoms with E-state index in [0.29, 0.717) is 0 Å². The van der Waals surface area contributed by atoms with Crippen molar-refractivity contribution in [3.8, 4) is 0 Å². The summed E-state index contributed by atoms with van der Waals surface area (Å²) in [5, 5.41) is 0. The van der Waals surface area contributed by atoms with Crippen LogP contribution in [0, 0.1) is 6.92 Å². The van der Waals surface area contributed by atoms with Crippen LogP contribution in [0.2, 0.25) is 0 Å². The Labute approximate surface area is 55.1 Å². The van der Waals surface area contributed by atoms with E-state index < -0.39 is 0 Å². The van der Waals surface area contributed by atoms with Gasteiger partial charge < -0.3 is 0 Å². The summed E-state index contributed by atoms with van der Waals surface area (Å²) in [4.78, 5) is 4.08. The Balaban J connectivity index is 3.01. The van der Waals surface area contributed by atoms with Crippen LogP contribution in [0.25, 0.3) is 6.08 Å². The molecule has 0 fully saturated rings. The SMILES string of the molecule is C=Cc1ccc(C)cn1. The van der Waals surface area contributed by atoms with Crippen molar-refractivity contribution in [1.82, 2.24) is 4.98 Å². The fraction of sp³-hybridized carbons (Fsp3) is 0.125. The normalized spacial score (nSPS) is 9.00. The molecule has 1 heteroatoms. The molecule has 0 radical (unpaired) electrons. The van der Waals surface area contributed by atoms with E-state index in [1.54, 1.807) is 6.08 Å². The molecule has 0 saturated heterocycles. The largest absolute Gasteiger partial charge is 0.257 e. The first-order valence-electron chi connectivity index (χ1n) is 2.88. The first kappa shape index (κ1) is 6.02. The van der Waals surface area contributed by atoms with Crippen molar-refractivity contribution in [3.05, 3.63) is 36.2 Å². The molecular weight excluding hydrogens is 110 g/mol. The minimum absolute atomic E-state index is 0.931. The second-order valence-corrected chi connectivity index (χ2v) is 1.96. The average molecular weight is 119 g/mol. The summed E-state index contributed by atoms with van der Waals surface area (Å²) in [5.41, 5.74) is 2.11. The van der Waals surface area contributed by atoms with Crippen LogP contribution in [-0.4, -0.2) is 4.98 Å². The molecule has 0 aliphatic carbocycles. The Bertz CT molecular complexity index is 198. The predicted molar refractivity (Wildman–Crippen MR) is 39.1 cm³/mol. The molecule has 0 aliphatic rings. The molecule has 0 unspecified atom stereocenters. The predicted octanol–water partition coefficient (Wildman–Crippen LogP) is 2.03. The highest BCUT2D eigenvalue weighted by Gasteiger charge is 1.83. The van der Waals surface area contributed by atoms with Gasteiger partial charge in [-0.1, -0.05) is 12.6 Å². The number of hydrogen-bond donors (Lipinski definition) is 0. The van der Waals surface area contributed by atoms with Gasteiger partial charge in [-0.2, -0.15) is 0 Å². The van der Waals surface area contributed by atoms with Crippen molar-refractivity contribution >= 4 is 6.08 Å². The molecule has 0 saturated carbocycles. The highest BCUT2D eigenvalue weighted by atomic mass is 14.7. The standard InChI is InChI=1S/C8H9N/c1-3-8-5-4-7(2)6-9-8/h3-6H,1H2,2H3. The molecule has 1 aromatic heterocycles. The zero-order valence-corrected chi connectivity index (χ0v) is 5.46. The molecule has 0 aliphatic heterocycles. The molecule has 1 heterocycles. The van der Waals surface area contributed by atoms with Gasteiger partial charge in [0, 0.05) is 6.20 Å². The summed E-state index contributed by atoms with van der Waals surface area (Å²) >= 11 is 0. The van der Waals surface area contributed by atoms with Gasteiger partial charge in [0.25, 0.3) is 0 Å². The van der Waals surface area contributed by atoms with Gasteiger partial charge >= 0.3 is 0 Å². The molecule has 46 valence electrons. The van der Waals surface area contributed by atoms with Crippen LogP contribution in [-0.2, 0) is 0 Å². The summed E-state index contributed by atoms with van der Waals surface area (Å²) in [7, 11) is 0. The topological polar surface area (TPSA) is 12.9 Å². The smallest absolute Gasteiger partial charge is 0.0623 e. The van der Waals surface area contributed by atoms with E-state index in [9.17, 15) is 0 Å². The first-order chi connectivity index (χ1) is 4.33. The quantitative estimate of drug-likeness (QED) is 0.551. The molecule has 0 aromatic carbocycles. The van der Waals surface area contributed by atoms with Crippen LogP contribution in [0.3, 0.4) is 0 Å². The molecule has 9 heavy (non-hydrogen) atoms. The first-order valence-corrected chi connectivity index (χ1v) is 2.88. The second kappa shape index (κ2) is 2.44. The number of pyridine rings is 1. The second-order valence-electron chi connectivity index (χ2n) is 1.96. The number of aromatic nitrogens is 1. The monoisotopic (exact) mass is 119 g/mol. The fourth-order valence-corrected chi connectivity index (χ4v) is 0.600. The highest BCUT2D eigenvalue weighted by Crippen LogP contribution is 1.98. The van der Waals surface area contributed by atoms with Gasteiger partial charge in [0.1, 0.15) is 0 Å². The third-order valence-corrected chi connectivity index (χ3v) is 1.14. The fourth-order valence-electron chi connectivity index (χ4n) is 0.600. The molecule has 0 spiro atoms. The number of nitrogens with zero attached hydrogens (tertiary/aromatic N) is 1. The lowest BCUT2D eigenvalue weighted by Crippen LogP contribution is -1.78. The van der Waals surface area contributed by atoms with Gasteiger partial charge in [-0.25, -0.2) is 0 Å². The minimum Gasteiger partial charge on any atom is -0.257 e. The van der Waals surface area contributed by atoms with E-state index >= 15 is 0 Å². The molecule has 1 rings (SSSR count). The molecule has 1 aromatic rings. The van der Waals surface area contributed by atoms with Crippen molar-refractivity contribution in [2.45, 2.75) is 6.92 Å². The van der Waals surface area contributed by atoms with E-state index in [4.69, 9.17) is 0 Å². The molecular formula is C8H9N. The zero-order chi connectivity index (χ0) is 6.69. The van der Waals surface area contributed by atoms with Crippen LogP contribution < -0.4 is 0 Å². The number of aryl methyl sites for hydroxylation is 1. The van der Waals surface area contributed by atoms with Gasteiger partial charge in [-0.05, 0) is 24.6 Å². The van der Waals surface area contributed by atoms with Crippen molar-refractivity contribution in [2.24, 2.45) is 0 Å². The van der Waals surface area contributed by atoms with E-state index in [2.05, 4.69) is 11.6 Å². The summed E-state index contributed by atoms with van der Waals surface area (Å²) in [6.45, 7) is 5.61. The maximum Gasteiger partial charge on any atom is 0.0623 e. The van der Waals surface area contributed by atoms with Gasteiger partial charge in [-0.3, -0.25) is 4.98 Å². The lowest BCUT2D eigenvalue weighted by atomic mass is 10.3. The Morgan fingerprint density at radius 3 is 2.78 bits per heavy atom.